The van der Waals surface area contributed by atoms with Gasteiger partial charge in [0.1, 0.15) is 0 Å². The monoisotopic (exact) mass is 242 g/mol. The number of fused-ring (bicyclic) bond motifs is 1. The molecule has 18 heavy (non-hydrogen) atoms. The van der Waals surface area contributed by atoms with Crippen LogP contribution >= 0.6 is 0 Å². The number of benzene rings is 1. The van der Waals surface area contributed by atoms with Crippen LogP contribution in [0.3, 0.4) is 0 Å². The Balaban J connectivity index is 2.32. The third-order valence-corrected chi connectivity index (χ3v) is 3.72. The highest BCUT2D eigenvalue weighted by atomic mass is 16.1. The van der Waals surface area contributed by atoms with Gasteiger partial charge < -0.3 is 10.3 Å². The van der Waals surface area contributed by atoms with Gasteiger partial charge in [0, 0.05) is 23.2 Å². The first kappa shape index (κ1) is 11.5. The summed E-state index contributed by atoms with van der Waals surface area (Å²) in [7, 11) is 0. The quantitative estimate of drug-likeness (QED) is 0.899. The average Bonchev–Trinajstić information content (AvgIpc) is 3.22. The van der Waals surface area contributed by atoms with Crippen LogP contribution in [0.5, 0.6) is 0 Å². The second kappa shape index (κ2) is 4.25. The summed E-state index contributed by atoms with van der Waals surface area (Å²) in [6.45, 7) is 2.06. The lowest BCUT2D eigenvalue weighted by Crippen LogP contribution is -2.27. The number of rotatable bonds is 3. The molecule has 1 aliphatic rings. The summed E-state index contributed by atoms with van der Waals surface area (Å²) in [6, 6.07) is 10.2. The molecule has 3 nitrogen and oxygen atoms in total. The van der Waals surface area contributed by atoms with Gasteiger partial charge in [-0.3, -0.25) is 4.79 Å². The molecule has 2 aromatic rings. The molecule has 1 fully saturated rings. The normalized spacial score (nSPS) is 17.0. The van der Waals surface area contributed by atoms with Crippen molar-refractivity contribution in [1.82, 2.24) is 4.57 Å². The van der Waals surface area contributed by atoms with E-state index in [1.165, 1.54) is 0 Å². The van der Waals surface area contributed by atoms with Gasteiger partial charge in [-0.2, -0.15) is 0 Å². The van der Waals surface area contributed by atoms with Crippen LogP contribution in [0.25, 0.3) is 10.8 Å². The summed E-state index contributed by atoms with van der Waals surface area (Å²) in [4.78, 5) is 12.6. The molecule has 0 spiro atoms. The van der Waals surface area contributed by atoms with Crippen molar-refractivity contribution in [2.24, 2.45) is 5.73 Å². The van der Waals surface area contributed by atoms with E-state index >= 15 is 0 Å². The van der Waals surface area contributed by atoms with E-state index in [0.717, 1.165) is 35.7 Å². The van der Waals surface area contributed by atoms with Crippen molar-refractivity contribution in [3.05, 3.63) is 46.4 Å². The number of pyridine rings is 1. The van der Waals surface area contributed by atoms with E-state index in [1.807, 2.05) is 28.8 Å². The molecule has 1 atom stereocenters. The zero-order chi connectivity index (χ0) is 12.7. The van der Waals surface area contributed by atoms with Crippen LogP contribution in [0.1, 0.15) is 44.0 Å². The molecule has 1 heterocycles. The van der Waals surface area contributed by atoms with Crippen molar-refractivity contribution in [3.8, 4) is 0 Å². The molecule has 1 aliphatic carbocycles. The zero-order valence-corrected chi connectivity index (χ0v) is 10.6. The van der Waals surface area contributed by atoms with Crippen LogP contribution in [0.15, 0.2) is 35.1 Å². The van der Waals surface area contributed by atoms with E-state index in [9.17, 15) is 4.79 Å². The first-order valence-electron chi connectivity index (χ1n) is 6.62. The van der Waals surface area contributed by atoms with Crippen molar-refractivity contribution in [2.75, 3.05) is 0 Å². The number of hydrogen-bond acceptors (Lipinski definition) is 2. The van der Waals surface area contributed by atoms with Gasteiger partial charge in [-0.05, 0) is 36.8 Å². The number of nitrogens with zero attached hydrogens (tertiary/aromatic N) is 1. The number of aromatic nitrogens is 1. The highest BCUT2D eigenvalue weighted by molar-refractivity contribution is 5.82. The lowest BCUT2D eigenvalue weighted by atomic mass is 10.1. The number of nitrogens with two attached hydrogens (primary N) is 1. The Morgan fingerprint density at radius 3 is 2.78 bits per heavy atom. The van der Waals surface area contributed by atoms with E-state index in [1.54, 1.807) is 0 Å². The van der Waals surface area contributed by atoms with Gasteiger partial charge in [0.15, 0.2) is 0 Å². The Kier molecular flexibility index (Phi) is 2.71. The van der Waals surface area contributed by atoms with Gasteiger partial charge >= 0.3 is 0 Å². The molecule has 0 aliphatic heterocycles. The lowest BCUT2D eigenvalue weighted by molar-refractivity contribution is 0.582. The van der Waals surface area contributed by atoms with E-state index < -0.39 is 0 Å². The van der Waals surface area contributed by atoms with Crippen LogP contribution in [-0.2, 0) is 0 Å². The Morgan fingerprint density at radius 2 is 2.11 bits per heavy atom. The molecule has 0 saturated heterocycles. The summed E-state index contributed by atoms with van der Waals surface area (Å²) in [5.41, 5.74) is 7.27. The van der Waals surface area contributed by atoms with Crippen LogP contribution in [0, 0.1) is 0 Å². The Labute approximate surface area is 106 Å². The van der Waals surface area contributed by atoms with Crippen LogP contribution < -0.4 is 11.3 Å². The topological polar surface area (TPSA) is 48.0 Å². The molecule has 1 aromatic heterocycles. The van der Waals surface area contributed by atoms with Crippen molar-refractivity contribution < 1.29 is 0 Å². The molecule has 1 aromatic carbocycles. The Bertz CT molecular complexity index is 640. The minimum Gasteiger partial charge on any atom is -0.323 e. The van der Waals surface area contributed by atoms with Gasteiger partial charge in [0.25, 0.3) is 5.56 Å². The summed E-state index contributed by atoms with van der Waals surface area (Å²) < 4.78 is 1.93. The molecule has 1 unspecified atom stereocenters. The van der Waals surface area contributed by atoms with E-state index in [2.05, 4.69) is 13.0 Å². The van der Waals surface area contributed by atoms with E-state index in [-0.39, 0.29) is 11.6 Å². The first-order chi connectivity index (χ1) is 8.72. The van der Waals surface area contributed by atoms with E-state index in [0.29, 0.717) is 6.04 Å². The first-order valence-corrected chi connectivity index (χ1v) is 6.62. The summed E-state index contributed by atoms with van der Waals surface area (Å²) in [6.07, 6.45) is 3.05. The zero-order valence-electron chi connectivity index (χ0n) is 10.6. The van der Waals surface area contributed by atoms with Gasteiger partial charge in [-0.25, -0.2) is 0 Å². The van der Waals surface area contributed by atoms with Gasteiger partial charge in [-0.1, -0.05) is 25.1 Å². The molecule has 3 heteroatoms. The van der Waals surface area contributed by atoms with Crippen LogP contribution in [0.4, 0.5) is 0 Å². The summed E-state index contributed by atoms with van der Waals surface area (Å²) >= 11 is 0. The second-order valence-corrected chi connectivity index (χ2v) is 5.08. The summed E-state index contributed by atoms with van der Waals surface area (Å²) in [5, 5.41) is 1.80. The third-order valence-electron chi connectivity index (χ3n) is 3.72. The smallest absolute Gasteiger partial charge is 0.258 e. The fourth-order valence-corrected chi connectivity index (χ4v) is 2.50. The Morgan fingerprint density at radius 1 is 1.39 bits per heavy atom. The fraction of sp³-hybridized carbons (Fsp3) is 0.400. The molecule has 94 valence electrons. The predicted octanol–water partition coefficient (Wildman–Crippen LogP) is 2.75. The Hall–Kier alpha value is -1.61. The predicted molar refractivity (Wildman–Crippen MR) is 73.7 cm³/mol. The molecular weight excluding hydrogens is 224 g/mol. The molecule has 0 bridgehead atoms. The van der Waals surface area contributed by atoms with Crippen molar-refractivity contribution in [2.45, 2.75) is 38.3 Å². The van der Waals surface area contributed by atoms with Crippen LogP contribution in [-0.4, -0.2) is 4.57 Å². The van der Waals surface area contributed by atoms with Gasteiger partial charge in [-0.15, -0.1) is 0 Å². The van der Waals surface area contributed by atoms with Crippen LogP contribution in [0.2, 0.25) is 0 Å². The van der Waals surface area contributed by atoms with E-state index in [4.69, 9.17) is 5.73 Å². The SMILES string of the molecule is CCC(N)c1cc2ccccc2c(=O)n1C1CC1. The van der Waals surface area contributed by atoms with Crippen molar-refractivity contribution in [1.29, 1.82) is 0 Å². The second-order valence-electron chi connectivity index (χ2n) is 5.08. The molecule has 2 N–H and O–H groups in total. The van der Waals surface area contributed by atoms with Crippen molar-refractivity contribution in [3.63, 3.8) is 0 Å². The van der Waals surface area contributed by atoms with Crippen molar-refractivity contribution >= 4 is 10.8 Å². The molecule has 0 amide bonds. The maximum absolute atomic E-state index is 12.6. The average molecular weight is 242 g/mol. The highest BCUT2D eigenvalue weighted by Gasteiger charge is 2.28. The van der Waals surface area contributed by atoms with Gasteiger partial charge in [0.2, 0.25) is 0 Å². The molecular formula is C15H18N2O. The minimum absolute atomic E-state index is 0.0529. The summed E-state index contributed by atoms with van der Waals surface area (Å²) in [5.74, 6) is 0. The number of hydrogen-bond donors (Lipinski definition) is 1. The maximum Gasteiger partial charge on any atom is 0.258 e. The lowest BCUT2D eigenvalue weighted by Gasteiger charge is -2.18. The standard InChI is InChI=1S/C15H18N2O/c1-2-13(16)14-9-10-5-3-4-6-12(10)15(18)17(14)11-7-8-11/h3-6,9,11,13H,2,7-8,16H2,1H3. The third kappa shape index (κ3) is 1.75. The largest absolute Gasteiger partial charge is 0.323 e. The molecule has 3 rings (SSSR count). The molecule has 0 radical (unpaired) electrons. The van der Waals surface area contributed by atoms with Gasteiger partial charge in [0.05, 0.1) is 0 Å². The molecule has 1 saturated carbocycles. The fourth-order valence-electron chi connectivity index (χ4n) is 2.50. The maximum atomic E-state index is 12.6. The highest BCUT2D eigenvalue weighted by Crippen LogP contribution is 2.36. The minimum atomic E-state index is -0.0529.